The Balaban J connectivity index is 3.04. The quantitative estimate of drug-likeness (QED) is 0.345. The van der Waals surface area contributed by atoms with Gasteiger partial charge in [0, 0.05) is 0 Å². The van der Waals surface area contributed by atoms with Gasteiger partial charge in [0.1, 0.15) is 0 Å². The number of rotatable bonds is 6. The molecule has 10 heavy (non-hydrogen) atoms. The highest BCUT2D eigenvalue weighted by Crippen LogP contribution is 2.01. The van der Waals surface area contributed by atoms with Crippen molar-refractivity contribution in [2.75, 3.05) is 0 Å². The molecule has 0 bridgehead atoms. The molecule has 0 aliphatic rings. The molecule has 0 fully saturated rings. The summed E-state index contributed by atoms with van der Waals surface area (Å²) in [7, 11) is 0. The molecule has 0 aromatic carbocycles. The summed E-state index contributed by atoms with van der Waals surface area (Å²) < 4.78 is 4.49. The first kappa shape index (κ1) is 9.43. The molecule has 0 heterocycles. The molecule has 1 atom stereocenters. The second-order valence-corrected chi connectivity index (χ2v) is 2.27. The summed E-state index contributed by atoms with van der Waals surface area (Å²) in [6, 6.07) is 0. The van der Waals surface area contributed by atoms with Gasteiger partial charge in [0.15, 0.2) is 6.23 Å². The fraction of sp³-hybridized carbons (Fsp3) is 0.857. The minimum Gasteiger partial charge on any atom is -0.449 e. The normalized spacial score (nSPS) is 12.6. The van der Waals surface area contributed by atoms with Crippen molar-refractivity contribution in [3.63, 3.8) is 0 Å². The van der Waals surface area contributed by atoms with E-state index < -0.39 is 6.23 Å². The molecule has 3 heteroatoms. The average Bonchev–Trinajstić information content (AvgIpc) is 1.89. The Morgan fingerprint density at radius 3 is 2.80 bits per heavy atom. The van der Waals surface area contributed by atoms with Crippen LogP contribution in [-0.4, -0.2) is 12.7 Å². The second kappa shape index (κ2) is 6.55. The summed E-state index contributed by atoms with van der Waals surface area (Å²) in [5.74, 6) is 0. The van der Waals surface area contributed by atoms with Crippen LogP contribution in [-0.2, 0) is 9.53 Å². The van der Waals surface area contributed by atoms with Crippen molar-refractivity contribution in [2.24, 2.45) is 5.73 Å². The minimum absolute atomic E-state index is 0.399. The molecule has 0 saturated carbocycles. The lowest BCUT2D eigenvalue weighted by Crippen LogP contribution is -2.22. The lowest BCUT2D eigenvalue weighted by molar-refractivity contribution is -0.133. The zero-order valence-electron chi connectivity index (χ0n) is 6.38. The number of carbonyl (C=O) groups is 1. The van der Waals surface area contributed by atoms with Gasteiger partial charge in [0.2, 0.25) is 0 Å². The van der Waals surface area contributed by atoms with Gasteiger partial charge in [-0.1, -0.05) is 19.8 Å². The van der Waals surface area contributed by atoms with Gasteiger partial charge in [-0.25, -0.2) is 0 Å². The Morgan fingerprint density at radius 1 is 1.60 bits per heavy atom. The van der Waals surface area contributed by atoms with Crippen LogP contribution in [0.5, 0.6) is 0 Å². The van der Waals surface area contributed by atoms with E-state index in [2.05, 4.69) is 11.7 Å². The number of unbranched alkanes of at least 4 members (excludes halogenated alkanes) is 2. The molecule has 0 saturated heterocycles. The van der Waals surface area contributed by atoms with E-state index in [1.54, 1.807) is 0 Å². The van der Waals surface area contributed by atoms with Gasteiger partial charge >= 0.3 is 0 Å². The third-order valence-electron chi connectivity index (χ3n) is 1.32. The van der Waals surface area contributed by atoms with Crippen molar-refractivity contribution >= 4 is 6.47 Å². The Labute approximate surface area is 61.5 Å². The first-order valence-corrected chi connectivity index (χ1v) is 3.66. The molecule has 0 aliphatic carbocycles. The van der Waals surface area contributed by atoms with Gasteiger partial charge in [-0.3, -0.25) is 10.5 Å². The average molecular weight is 145 g/mol. The van der Waals surface area contributed by atoms with Crippen molar-refractivity contribution in [2.45, 2.75) is 38.8 Å². The number of hydrogen-bond acceptors (Lipinski definition) is 3. The zero-order chi connectivity index (χ0) is 7.82. The third-order valence-corrected chi connectivity index (χ3v) is 1.32. The first-order chi connectivity index (χ1) is 4.81. The van der Waals surface area contributed by atoms with Crippen LogP contribution in [0.25, 0.3) is 0 Å². The van der Waals surface area contributed by atoms with Crippen LogP contribution in [0.2, 0.25) is 0 Å². The molecule has 60 valence electrons. The number of carbonyl (C=O) groups excluding carboxylic acids is 1. The van der Waals surface area contributed by atoms with Gasteiger partial charge in [-0.15, -0.1) is 0 Å². The van der Waals surface area contributed by atoms with E-state index in [-0.39, 0.29) is 0 Å². The molecule has 0 aromatic rings. The van der Waals surface area contributed by atoms with Crippen molar-refractivity contribution in [1.29, 1.82) is 0 Å². The molecule has 0 amide bonds. The molecular weight excluding hydrogens is 130 g/mol. The number of ether oxygens (including phenoxy) is 1. The lowest BCUT2D eigenvalue weighted by atomic mass is 10.2. The van der Waals surface area contributed by atoms with Gasteiger partial charge in [0.05, 0.1) is 0 Å². The Morgan fingerprint density at radius 2 is 2.30 bits per heavy atom. The van der Waals surface area contributed by atoms with E-state index in [0.29, 0.717) is 6.47 Å². The largest absolute Gasteiger partial charge is 0.449 e. The maximum absolute atomic E-state index is 9.75. The monoisotopic (exact) mass is 145 g/mol. The highest BCUT2D eigenvalue weighted by Gasteiger charge is 1.99. The molecule has 2 N–H and O–H groups in total. The van der Waals surface area contributed by atoms with Crippen molar-refractivity contribution < 1.29 is 9.53 Å². The van der Waals surface area contributed by atoms with Crippen molar-refractivity contribution in [3.05, 3.63) is 0 Å². The minimum atomic E-state index is -0.399. The van der Waals surface area contributed by atoms with Crippen LogP contribution in [0.3, 0.4) is 0 Å². The smallest absolute Gasteiger partial charge is 0.294 e. The summed E-state index contributed by atoms with van der Waals surface area (Å²) in [6.07, 6.45) is 3.71. The van der Waals surface area contributed by atoms with E-state index in [1.807, 2.05) is 0 Å². The molecule has 0 unspecified atom stereocenters. The van der Waals surface area contributed by atoms with E-state index in [9.17, 15) is 4.79 Å². The topological polar surface area (TPSA) is 52.3 Å². The van der Waals surface area contributed by atoms with Gasteiger partial charge in [-0.05, 0) is 12.8 Å². The third kappa shape index (κ3) is 5.56. The maximum atomic E-state index is 9.75. The SMILES string of the molecule is CCCCC[C@H](N)OC=O. The maximum Gasteiger partial charge on any atom is 0.294 e. The molecule has 3 nitrogen and oxygen atoms in total. The Hall–Kier alpha value is -0.570. The Bertz CT molecular complexity index is 85.7. The highest BCUT2D eigenvalue weighted by atomic mass is 16.5. The van der Waals surface area contributed by atoms with E-state index >= 15 is 0 Å². The highest BCUT2D eigenvalue weighted by molar-refractivity contribution is 5.37. The fourth-order valence-electron chi connectivity index (χ4n) is 0.735. The van der Waals surface area contributed by atoms with E-state index in [0.717, 1.165) is 25.7 Å². The molecule has 0 radical (unpaired) electrons. The molecule has 0 aromatic heterocycles. The molecular formula is C7H15NO2. The molecule has 0 aliphatic heterocycles. The number of hydrogen-bond donors (Lipinski definition) is 1. The standard InChI is InChI=1S/C7H15NO2/c1-2-3-4-5-7(8)10-6-9/h6-7H,2-5,8H2,1H3/t7-/m1/s1. The van der Waals surface area contributed by atoms with Crippen molar-refractivity contribution in [3.8, 4) is 0 Å². The van der Waals surface area contributed by atoms with Crippen LogP contribution in [0.1, 0.15) is 32.6 Å². The predicted octanol–water partition coefficient (Wildman–Crippen LogP) is 1.02. The van der Waals surface area contributed by atoms with E-state index in [4.69, 9.17) is 5.73 Å². The summed E-state index contributed by atoms with van der Waals surface area (Å²) in [4.78, 5) is 9.75. The van der Waals surface area contributed by atoms with Gasteiger partial charge in [-0.2, -0.15) is 0 Å². The lowest BCUT2D eigenvalue weighted by Gasteiger charge is -2.07. The van der Waals surface area contributed by atoms with Crippen molar-refractivity contribution in [1.82, 2.24) is 0 Å². The Kier molecular flexibility index (Phi) is 6.18. The summed E-state index contributed by atoms with van der Waals surface area (Å²) in [5, 5.41) is 0. The summed E-state index contributed by atoms with van der Waals surface area (Å²) in [6.45, 7) is 2.52. The first-order valence-electron chi connectivity index (χ1n) is 3.66. The molecule has 0 rings (SSSR count). The van der Waals surface area contributed by atoms with E-state index in [1.165, 1.54) is 0 Å². The number of nitrogens with two attached hydrogens (primary N) is 1. The second-order valence-electron chi connectivity index (χ2n) is 2.27. The fourth-order valence-corrected chi connectivity index (χ4v) is 0.735. The summed E-state index contributed by atoms with van der Waals surface area (Å²) in [5.41, 5.74) is 5.37. The predicted molar refractivity (Wildman–Crippen MR) is 39.3 cm³/mol. The van der Waals surface area contributed by atoms with Gasteiger partial charge in [0.25, 0.3) is 6.47 Å². The van der Waals surface area contributed by atoms with Crippen LogP contribution >= 0.6 is 0 Å². The summed E-state index contributed by atoms with van der Waals surface area (Å²) >= 11 is 0. The van der Waals surface area contributed by atoms with Crippen LogP contribution < -0.4 is 5.73 Å². The molecule has 0 spiro atoms. The van der Waals surface area contributed by atoms with Crippen LogP contribution in [0, 0.1) is 0 Å². The zero-order valence-corrected chi connectivity index (χ0v) is 6.38. The van der Waals surface area contributed by atoms with Gasteiger partial charge < -0.3 is 4.74 Å². The van der Waals surface area contributed by atoms with Crippen LogP contribution in [0.4, 0.5) is 0 Å². The van der Waals surface area contributed by atoms with Crippen LogP contribution in [0.15, 0.2) is 0 Å².